The van der Waals surface area contributed by atoms with Crippen molar-refractivity contribution in [2.45, 2.75) is 0 Å². The Balaban J connectivity index is 2.73. The number of nitrogens with zero attached hydrogens (tertiary/aromatic N) is 2. The van der Waals surface area contributed by atoms with Crippen LogP contribution in [0.1, 0.15) is 15.9 Å². The van der Waals surface area contributed by atoms with Crippen LogP contribution in [0.15, 0.2) is 23.8 Å². The van der Waals surface area contributed by atoms with Gasteiger partial charge in [0.15, 0.2) is 11.3 Å². The van der Waals surface area contributed by atoms with Crippen molar-refractivity contribution < 1.29 is 19.2 Å². The van der Waals surface area contributed by atoms with Crippen molar-refractivity contribution in [3.05, 3.63) is 45.0 Å². The van der Waals surface area contributed by atoms with E-state index in [4.69, 9.17) is 15.7 Å². The van der Waals surface area contributed by atoms with Crippen LogP contribution >= 0.6 is 0 Å². The second-order valence-corrected chi connectivity index (χ2v) is 3.56. The predicted octanol–water partition coefficient (Wildman–Crippen LogP) is 0.485. The van der Waals surface area contributed by atoms with Gasteiger partial charge in [-0.15, -0.1) is 0 Å². The lowest BCUT2D eigenvalue weighted by Crippen LogP contribution is -2.14. The zero-order valence-electron chi connectivity index (χ0n) is 9.25. The summed E-state index contributed by atoms with van der Waals surface area (Å²) in [5, 5.41) is 19.5. The summed E-state index contributed by atoms with van der Waals surface area (Å²) in [7, 11) is 0. The molecule has 8 heteroatoms. The van der Waals surface area contributed by atoms with Gasteiger partial charge in [-0.3, -0.25) is 14.9 Å². The maximum atomic E-state index is 11.5. The Labute approximate surface area is 105 Å². The van der Waals surface area contributed by atoms with Crippen LogP contribution in [0.4, 0.5) is 5.69 Å². The molecule has 1 aromatic rings. The van der Waals surface area contributed by atoms with Crippen molar-refractivity contribution in [1.82, 2.24) is 0 Å². The number of esters is 1. The van der Waals surface area contributed by atoms with Crippen LogP contribution < -0.4 is 5.73 Å². The molecule has 1 aliphatic heterocycles. The number of nitro benzene ring substituents is 1. The lowest BCUT2D eigenvalue weighted by Gasteiger charge is -2.00. The van der Waals surface area contributed by atoms with E-state index in [0.29, 0.717) is 0 Å². The average Bonchev–Trinajstić information content (AvgIpc) is 2.67. The van der Waals surface area contributed by atoms with E-state index >= 15 is 0 Å². The number of nitriles is 1. The van der Waals surface area contributed by atoms with E-state index in [2.05, 4.69) is 0 Å². The molecule has 0 saturated heterocycles. The number of fused-ring (bicyclic) bond motifs is 1. The number of amides is 1. The third kappa shape index (κ3) is 1.89. The molecule has 0 aromatic heterocycles. The molecular formula is C11H5N3O5. The van der Waals surface area contributed by atoms with E-state index in [-0.39, 0.29) is 22.6 Å². The molecule has 0 aliphatic carbocycles. The number of ether oxygens (including phenoxy) is 1. The first-order valence-corrected chi connectivity index (χ1v) is 4.91. The number of rotatable bonds is 2. The number of carbonyl (C=O) groups is 2. The molecule has 2 rings (SSSR count). The van der Waals surface area contributed by atoms with Crippen LogP contribution in [0.25, 0.3) is 5.76 Å². The molecule has 0 spiro atoms. The van der Waals surface area contributed by atoms with E-state index in [0.717, 1.165) is 12.1 Å². The fourth-order valence-corrected chi connectivity index (χ4v) is 1.62. The fraction of sp³-hybridized carbons (Fsp3) is 0. The molecule has 0 bridgehead atoms. The Morgan fingerprint density at radius 2 is 2.11 bits per heavy atom. The molecule has 0 atom stereocenters. The fourth-order valence-electron chi connectivity index (χ4n) is 1.62. The number of nitrogens with two attached hydrogens (primary N) is 1. The predicted molar refractivity (Wildman–Crippen MR) is 60.2 cm³/mol. The Hall–Kier alpha value is -3.21. The molecule has 1 aliphatic rings. The largest absolute Gasteiger partial charge is 0.421 e. The number of non-ortho nitro benzene ring substituents is 1. The Kier molecular flexibility index (Phi) is 2.73. The van der Waals surface area contributed by atoms with Gasteiger partial charge >= 0.3 is 5.97 Å². The second-order valence-electron chi connectivity index (χ2n) is 3.56. The van der Waals surface area contributed by atoms with Gasteiger partial charge in [0.2, 0.25) is 0 Å². The van der Waals surface area contributed by atoms with Crippen molar-refractivity contribution in [2.24, 2.45) is 5.73 Å². The van der Waals surface area contributed by atoms with E-state index in [1.165, 1.54) is 12.1 Å². The van der Waals surface area contributed by atoms with Crippen LogP contribution in [0.2, 0.25) is 0 Å². The van der Waals surface area contributed by atoms with Gasteiger partial charge in [0, 0.05) is 17.7 Å². The molecule has 19 heavy (non-hydrogen) atoms. The SMILES string of the molecule is N#CC(C(N)=O)=C1OC(=O)c2ccc([N+](=O)[O-])cc21. The summed E-state index contributed by atoms with van der Waals surface area (Å²) in [6.07, 6.45) is 0. The van der Waals surface area contributed by atoms with Crippen LogP contribution in [-0.2, 0) is 9.53 Å². The molecule has 1 amide bonds. The minimum atomic E-state index is -1.08. The quantitative estimate of drug-likeness (QED) is 0.269. The summed E-state index contributed by atoms with van der Waals surface area (Å²) in [5.41, 5.74) is 4.17. The standard InChI is InChI=1S/C11H5N3O5/c12-4-8(10(13)15)9-7-3-5(14(17)18)1-2-6(7)11(16)19-9/h1-3H,(H2,13,15). The highest BCUT2D eigenvalue weighted by Crippen LogP contribution is 2.34. The maximum absolute atomic E-state index is 11.5. The summed E-state index contributed by atoms with van der Waals surface area (Å²) < 4.78 is 4.78. The van der Waals surface area contributed by atoms with Crippen LogP contribution in [-0.4, -0.2) is 16.8 Å². The first-order valence-electron chi connectivity index (χ1n) is 4.91. The Bertz CT molecular complexity index is 699. The normalized spacial score (nSPS) is 15.2. The monoisotopic (exact) mass is 259 g/mol. The van der Waals surface area contributed by atoms with Crippen LogP contribution in [0.3, 0.4) is 0 Å². The van der Waals surface area contributed by atoms with Crippen molar-refractivity contribution in [3.63, 3.8) is 0 Å². The van der Waals surface area contributed by atoms with Crippen molar-refractivity contribution >= 4 is 23.3 Å². The average molecular weight is 259 g/mol. The van der Waals surface area contributed by atoms with Crippen molar-refractivity contribution in [2.75, 3.05) is 0 Å². The van der Waals surface area contributed by atoms with Gasteiger partial charge < -0.3 is 10.5 Å². The van der Waals surface area contributed by atoms with Crippen molar-refractivity contribution in [1.29, 1.82) is 5.26 Å². The minimum absolute atomic E-state index is 0.00884. The molecule has 1 aromatic carbocycles. The van der Waals surface area contributed by atoms with Gasteiger partial charge in [0.1, 0.15) is 6.07 Å². The third-order valence-corrected chi connectivity index (χ3v) is 2.46. The number of cyclic esters (lactones) is 1. The van der Waals surface area contributed by atoms with Gasteiger partial charge in [-0.2, -0.15) is 5.26 Å². The van der Waals surface area contributed by atoms with E-state index < -0.39 is 22.4 Å². The number of carbonyl (C=O) groups excluding carboxylic acids is 2. The van der Waals surface area contributed by atoms with E-state index in [9.17, 15) is 19.7 Å². The van der Waals surface area contributed by atoms with Gasteiger partial charge in [-0.25, -0.2) is 4.79 Å². The number of primary amides is 1. The topological polar surface area (TPSA) is 136 Å². The van der Waals surface area contributed by atoms with Crippen LogP contribution in [0, 0.1) is 21.4 Å². The number of hydrogen-bond donors (Lipinski definition) is 1. The second kappa shape index (κ2) is 4.23. The summed E-state index contributed by atoms with van der Waals surface area (Å²) in [4.78, 5) is 32.6. The summed E-state index contributed by atoms with van der Waals surface area (Å²) >= 11 is 0. The molecule has 2 N–H and O–H groups in total. The van der Waals surface area contributed by atoms with E-state index in [1.54, 1.807) is 0 Å². The molecule has 8 nitrogen and oxygen atoms in total. The summed E-state index contributed by atoms with van der Waals surface area (Å²) in [5.74, 6) is -2.22. The van der Waals surface area contributed by atoms with Gasteiger partial charge in [0.25, 0.3) is 11.6 Å². The van der Waals surface area contributed by atoms with Crippen molar-refractivity contribution in [3.8, 4) is 6.07 Å². The van der Waals surface area contributed by atoms with Gasteiger partial charge in [-0.1, -0.05) is 0 Å². The lowest BCUT2D eigenvalue weighted by atomic mass is 10.0. The number of benzene rings is 1. The number of hydrogen-bond acceptors (Lipinski definition) is 6. The zero-order valence-corrected chi connectivity index (χ0v) is 9.25. The molecule has 94 valence electrons. The van der Waals surface area contributed by atoms with Gasteiger partial charge in [-0.05, 0) is 6.07 Å². The zero-order chi connectivity index (χ0) is 14.2. The molecule has 0 fully saturated rings. The summed E-state index contributed by atoms with van der Waals surface area (Å²) in [6.45, 7) is 0. The molecule has 1 heterocycles. The third-order valence-electron chi connectivity index (χ3n) is 2.46. The molecule has 0 saturated carbocycles. The first-order chi connectivity index (χ1) is 8.95. The van der Waals surface area contributed by atoms with Gasteiger partial charge in [0.05, 0.1) is 10.5 Å². The van der Waals surface area contributed by atoms with Crippen LogP contribution in [0.5, 0.6) is 0 Å². The maximum Gasteiger partial charge on any atom is 0.344 e. The molecule has 0 radical (unpaired) electrons. The Morgan fingerprint density at radius 3 is 2.63 bits per heavy atom. The molecule has 0 unspecified atom stereocenters. The highest BCUT2D eigenvalue weighted by Gasteiger charge is 2.32. The highest BCUT2D eigenvalue weighted by molar-refractivity contribution is 6.11. The Morgan fingerprint density at radius 1 is 1.42 bits per heavy atom. The summed E-state index contributed by atoms with van der Waals surface area (Å²) in [6, 6.07) is 4.88. The minimum Gasteiger partial charge on any atom is -0.421 e. The van der Waals surface area contributed by atoms with E-state index in [1.807, 2.05) is 0 Å². The first kappa shape index (κ1) is 12.3. The highest BCUT2D eigenvalue weighted by atomic mass is 16.6. The number of nitro groups is 1. The molecular weight excluding hydrogens is 254 g/mol. The lowest BCUT2D eigenvalue weighted by molar-refractivity contribution is -0.384. The smallest absolute Gasteiger partial charge is 0.344 e.